The minimum absolute atomic E-state index is 0.207. The van der Waals surface area contributed by atoms with Crippen LogP contribution in [0.3, 0.4) is 0 Å². The van der Waals surface area contributed by atoms with Crippen molar-refractivity contribution in [3.63, 3.8) is 0 Å². The van der Waals surface area contributed by atoms with E-state index in [-0.39, 0.29) is 11.2 Å². The third kappa shape index (κ3) is 2.56. The molecule has 0 aliphatic rings. The highest BCUT2D eigenvalue weighted by molar-refractivity contribution is 6.22. The molecule has 94 valence electrons. The summed E-state index contributed by atoms with van der Waals surface area (Å²) >= 11 is 6.54. The molecule has 1 unspecified atom stereocenters. The Balaban J connectivity index is 2.49. The average Bonchev–Trinajstić information content (AvgIpc) is 2.27. The molecule has 0 bridgehead atoms. The predicted octanol–water partition coefficient (Wildman–Crippen LogP) is 5.08. The van der Waals surface area contributed by atoms with E-state index in [0.29, 0.717) is 0 Å². The van der Waals surface area contributed by atoms with Crippen LogP contribution in [0.4, 0.5) is 4.39 Å². The van der Waals surface area contributed by atoms with Gasteiger partial charge in [-0.25, -0.2) is 4.39 Å². The third-order valence-electron chi connectivity index (χ3n) is 3.15. The van der Waals surface area contributed by atoms with Crippen molar-refractivity contribution in [2.24, 2.45) is 0 Å². The normalized spacial score (nSPS) is 12.5. The van der Waals surface area contributed by atoms with Gasteiger partial charge in [0.2, 0.25) is 0 Å². The fourth-order valence-electron chi connectivity index (χ4n) is 2.32. The van der Waals surface area contributed by atoms with Gasteiger partial charge in [0.05, 0.1) is 5.38 Å². The number of aryl methyl sites for hydroxylation is 3. The maximum Gasteiger partial charge on any atom is 0.123 e. The van der Waals surface area contributed by atoms with E-state index >= 15 is 0 Å². The summed E-state index contributed by atoms with van der Waals surface area (Å²) in [7, 11) is 0. The number of alkyl halides is 1. The van der Waals surface area contributed by atoms with Crippen molar-refractivity contribution < 1.29 is 4.39 Å². The monoisotopic (exact) mass is 262 g/mol. The molecule has 1 atom stereocenters. The van der Waals surface area contributed by atoms with Crippen LogP contribution >= 0.6 is 11.6 Å². The Bertz CT molecular complexity index is 552. The molecule has 0 aliphatic heterocycles. The molecule has 2 rings (SSSR count). The topological polar surface area (TPSA) is 0 Å². The van der Waals surface area contributed by atoms with Crippen molar-refractivity contribution >= 4 is 11.6 Å². The van der Waals surface area contributed by atoms with E-state index in [1.807, 2.05) is 39.0 Å². The minimum Gasteiger partial charge on any atom is -0.207 e. The zero-order chi connectivity index (χ0) is 13.3. The van der Waals surface area contributed by atoms with E-state index in [1.54, 1.807) is 0 Å². The van der Waals surface area contributed by atoms with Gasteiger partial charge in [0.25, 0.3) is 0 Å². The Hall–Kier alpha value is -1.34. The van der Waals surface area contributed by atoms with E-state index < -0.39 is 0 Å². The van der Waals surface area contributed by atoms with Gasteiger partial charge in [-0.05, 0) is 55.2 Å². The van der Waals surface area contributed by atoms with Gasteiger partial charge in [0.15, 0.2) is 0 Å². The molecule has 0 spiro atoms. The van der Waals surface area contributed by atoms with Gasteiger partial charge in [-0.1, -0.05) is 29.8 Å². The summed E-state index contributed by atoms with van der Waals surface area (Å²) in [6, 6.07) is 11.2. The van der Waals surface area contributed by atoms with Crippen LogP contribution in [0.1, 0.15) is 33.2 Å². The second kappa shape index (κ2) is 5.11. The van der Waals surface area contributed by atoms with Crippen molar-refractivity contribution in [3.8, 4) is 0 Å². The zero-order valence-electron chi connectivity index (χ0n) is 10.8. The lowest BCUT2D eigenvalue weighted by atomic mass is 9.95. The van der Waals surface area contributed by atoms with Gasteiger partial charge >= 0.3 is 0 Å². The molecule has 0 saturated carbocycles. The highest BCUT2D eigenvalue weighted by atomic mass is 35.5. The van der Waals surface area contributed by atoms with Crippen LogP contribution in [-0.4, -0.2) is 0 Å². The molecule has 0 amide bonds. The predicted molar refractivity (Wildman–Crippen MR) is 74.7 cm³/mol. The first-order valence-corrected chi connectivity index (χ1v) is 6.40. The quantitative estimate of drug-likeness (QED) is 0.662. The van der Waals surface area contributed by atoms with Crippen molar-refractivity contribution in [1.82, 2.24) is 0 Å². The first kappa shape index (κ1) is 13.1. The fraction of sp³-hybridized carbons (Fsp3) is 0.250. The molecule has 0 fully saturated rings. The highest BCUT2D eigenvalue weighted by Crippen LogP contribution is 2.34. The van der Waals surface area contributed by atoms with Crippen LogP contribution in [-0.2, 0) is 0 Å². The molecule has 0 heterocycles. The summed E-state index contributed by atoms with van der Waals surface area (Å²) in [4.78, 5) is 0. The van der Waals surface area contributed by atoms with Crippen LogP contribution in [0.15, 0.2) is 36.4 Å². The second-order valence-electron chi connectivity index (χ2n) is 4.73. The Morgan fingerprint density at radius 3 is 2.17 bits per heavy atom. The molecule has 0 nitrogen and oxygen atoms in total. The number of benzene rings is 2. The Labute approximate surface area is 112 Å². The number of hydrogen-bond donors (Lipinski definition) is 0. The smallest absolute Gasteiger partial charge is 0.123 e. The summed E-state index contributed by atoms with van der Waals surface area (Å²) in [5.74, 6) is -0.207. The average molecular weight is 263 g/mol. The molecular formula is C16H16ClF. The van der Waals surface area contributed by atoms with Gasteiger partial charge in [0, 0.05) is 0 Å². The first-order chi connectivity index (χ1) is 8.49. The number of halogens is 2. The van der Waals surface area contributed by atoms with Crippen molar-refractivity contribution in [2.45, 2.75) is 26.1 Å². The standard InChI is InChI=1S/C16H16ClF/c1-10-5-4-6-13(7-10)16(17)15-11(2)8-14(18)9-12(15)3/h4-9,16H,1-3H3. The first-order valence-electron chi connectivity index (χ1n) is 5.96. The van der Waals surface area contributed by atoms with E-state index in [1.165, 1.54) is 17.7 Å². The van der Waals surface area contributed by atoms with Gasteiger partial charge in [-0.15, -0.1) is 11.6 Å². The van der Waals surface area contributed by atoms with E-state index in [0.717, 1.165) is 22.3 Å². The van der Waals surface area contributed by atoms with Crippen molar-refractivity contribution in [3.05, 3.63) is 70.0 Å². The molecule has 2 heteroatoms. The van der Waals surface area contributed by atoms with E-state index in [4.69, 9.17) is 11.6 Å². The summed E-state index contributed by atoms with van der Waals surface area (Å²) in [5, 5.41) is -0.231. The van der Waals surface area contributed by atoms with Gasteiger partial charge in [-0.2, -0.15) is 0 Å². The molecule has 18 heavy (non-hydrogen) atoms. The van der Waals surface area contributed by atoms with Crippen LogP contribution in [0.25, 0.3) is 0 Å². The summed E-state index contributed by atoms with van der Waals surface area (Å²) in [6.45, 7) is 5.84. The second-order valence-corrected chi connectivity index (χ2v) is 5.17. The fourth-order valence-corrected chi connectivity index (χ4v) is 2.80. The largest absolute Gasteiger partial charge is 0.207 e. The van der Waals surface area contributed by atoms with Gasteiger partial charge in [-0.3, -0.25) is 0 Å². The highest BCUT2D eigenvalue weighted by Gasteiger charge is 2.16. The van der Waals surface area contributed by atoms with Crippen LogP contribution in [0.5, 0.6) is 0 Å². The van der Waals surface area contributed by atoms with Gasteiger partial charge < -0.3 is 0 Å². The SMILES string of the molecule is Cc1cccc(C(Cl)c2c(C)cc(F)cc2C)c1. The summed E-state index contributed by atoms with van der Waals surface area (Å²) in [5.41, 5.74) is 5.02. The van der Waals surface area contributed by atoms with Crippen LogP contribution in [0, 0.1) is 26.6 Å². The molecule has 0 aromatic heterocycles. The Morgan fingerprint density at radius 1 is 1.00 bits per heavy atom. The van der Waals surface area contributed by atoms with E-state index in [9.17, 15) is 4.39 Å². The number of rotatable bonds is 2. The molecule has 0 radical (unpaired) electrons. The molecular weight excluding hydrogens is 247 g/mol. The van der Waals surface area contributed by atoms with E-state index in [2.05, 4.69) is 6.07 Å². The zero-order valence-corrected chi connectivity index (χ0v) is 11.6. The Morgan fingerprint density at radius 2 is 1.61 bits per heavy atom. The molecule has 2 aromatic rings. The van der Waals surface area contributed by atoms with Crippen molar-refractivity contribution in [2.75, 3.05) is 0 Å². The molecule has 0 saturated heterocycles. The van der Waals surface area contributed by atoms with Crippen LogP contribution < -0.4 is 0 Å². The maximum absolute atomic E-state index is 13.3. The van der Waals surface area contributed by atoms with Crippen molar-refractivity contribution in [1.29, 1.82) is 0 Å². The van der Waals surface area contributed by atoms with Crippen LogP contribution in [0.2, 0.25) is 0 Å². The maximum atomic E-state index is 13.3. The lowest BCUT2D eigenvalue weighted by Gasteiger charge is -2.17. The van der Waals surface area contributed by atoms with Gasteiger partial charge in [0.1, 0.15) is 5.82 Å². The number of hydrogen-bond acceptors (Lipinski definition) is 0. The lowest BCUT2D eigenvalue weighted by molar-refractivity contribution is 0.624. The third-order valence-corrected chi connectivity index (χ3v) is 3.62. The molecule has 0 N–H and O–H groups in total. The summed E-state index contributed by atoms with van der Waals surface area (Å²) < 4.78 is 13.3. The lowest BCUT2D eigenvalue weighted by Crippen LogP contribution is -2.01. The Kier molecular flexibility index (Phi) is 3.72. The minimum atomic E-state index is -0.231. The molecule has 0 aliphatic carbocycles. The summed E-state index contributed by atoms with van der Waals surface area (Å²) in [6.07, 6.45) is 0. The molecule has 2 aromatic carbocycles.